The van der Waals surface area contributed by atoms with Crippen LogP contribution in [0.5, 0.6) is 0 Å². The summed E-state index contributed by atoms with van der Waals surface area (Å²) < 4.78 is 6.69. The van der Waals surface area contributed by atoms with E-state index in [0.717, 1.165) is 12.2 Å². The van der Waals surface area contributed by atoms with Crippen LogP contribution in [0.3, 0.4) is 0 Å². The van der Waals surface area contributed by atoms with E-state index in [1.165, 1.54) is 0 Å². The number of halogens is 1. The summed E-state index contributed by atoms with van der Waals surface area (Å²) in [6.07, 6.45) is 1.80. The normalized spacial score (nSPS) is 10.5. The van der Waals surface area contributed by atoms with Crippen LogP contribution in [0.2, 0.25) is 5.02 Å². The molecule has 0 aliphatic carbocycles. The van der Waals surface area contributed by atoms with Crippen LogP contribution in [-0.2, 0) is 17.9 Å². The van der Waals surface area contributed by atoms with Gasteiger partial charge in [0.15, 0.2) is 0 Å². The minimum Gasteiger partial charge on any atom is -0.378 e. The monoisotopic (exact) mass is 174 g/mol. The Morgan fingerprint density at radius 1 is 1.73 bits per heavy atom. The molecule has 0 saturated carbocycles. The second-order valence-corrected chi connectivity index (χ2v) is 2.62. The number of nitrogens with zero attached hydrogens (tertiary/aromatic N) is 2. The van der Waals surface area contributed by atoms with Gasteiger partial charge in [-0.05, 0) is 6.92 Å². The molecule has 0 N–H and O–H groups in total. The molecule has 0 unspecified atom stereocenters. The average molecular weight is 175 g/mol. The minimum atomic E-state index is 0.478. The molecule has 0 bridgehead atoms. The zero-order chi connectivity index (χ0) is 8.27. The Bertz CT molecular complexity index is 234. The third-order valence-corrected chi connectivity index (χ3v) is 1.71. The van der Waals surface area contributed by atoms with Crippen molar-refractivity contribution in [2.45, 2.75) is 20.1 Å². The maximum Gasteiger partial charge on any atom is 0.107 e. The largest absolute Gasteiger partial charge is 0.378 e. The highest BCUT2D eigenvalue weighted by atomic mass is 35.5. The van der Waals surface area contributed by atoms with E-state index in [-0.39, 0.29) is 0 Å². The van der Waals surface area contributed by atoms with E-state index in [1.54, 1.807) is 18.0 Å². The number of methoxy groups -OCH3 is 1. The lowest BCUT2D eigenvalue weighted by Crippen LogP contribution is -1.96. The summed E-state index contributed by atoms with van der Waals surface area (Å²) in [4.78, 5) is 0. The quantitative estimate of drug-likeness (QED) is 0.698. The first-order chi connectivity index (χ1) is 5.27. The first-order valence-corrected chi connectivity index (χ1v) is 3.86. The molecular weight excluding hydrogens is 164 g/mol. The average Bonchev–Trinajstić information content (AvgIpc) is 2.33. The molecule has 0 fully saturated rings. The van der Waals surface area contributed by atoms with Crippen molar-refractivity contribution in [2.24, 2.45) is 0 Å². The fourth-order valence-corrected chi connectivity index (χ4v) is 1.04. The first kappa shape index (κ1) is 8.56. The van der Waals surface area contributed by atoms with Gasteiger partial charge in [0.2, 0.25) is 0 Å². The molecular formula is C7H11ClN2O. The maximum atomic E-state index is 5.84. The summed E-state index contributed by atoms with van der Waals surface area (Å²) in [5.41, 5.74) is 0.802. The van der Waals surface area contributed by atoms with Crippen LogP contribution in [0, 0.1) is 0 Å². The van der Waals surface area contributed by atoms with Crippen molar-refractivity contribution in [1.82, 2.24) is 9.78 Å². The van der Waals surface area contributed by atoms with Gasteiger partial charge >= 0.3 is 0 Å². The number of hydrogen-bond acceptors (Lipinski definition) is 2. The zero-order valence-corrected chi connectivity index (χ0v) is 7.43. The highest BCUT2D eigenvalue weighted by Crippen LogP contribution is 2.13. The Kier molecular flexibility index (Phi) is 2.91. The molecule has 0 radical (unpaired) electrons. The van der Waals surface area contributed by atoms with E-state index in [1.807, 2.05) is 6.92 Å². The van der Waals surface area contributed by atoms with Gasteiger partial charge in [-0.25, -0.2) is 0 Å². The van der Waals surface area contributed by atoms with Crippen LogP contribution in [0.15, 0.2) is 6.20 Å². The van der Waals surface area contributed by atoms with Crippen molar-refractivity contribution >= 4 is 11.6 Å². The lowest BCUT2D eigenvalue weighted by Gasteiger charge is -1.93. The molecule has 3 nitrogen and oxygen atoms in total. The Labute approximate surface area is 70.9 Å². The fraction of sp³-hybridized carbons (Fsp3) is 0.571. The molecule has 0 aliphatic rings. The predicted octanol–water partition coefficient (Wildman–Crippen LogP) is 1.70. The second-order valence-electron chi connectivity index (χ2n) is 2.21. The van der Waals surface area contributed by atoms with Crippen LogP contribution in [0.4, 0.5) is 0 Å². The molecule has 4 heteroatoms. The Hall–Kier alpha value is -0.540. The number of ether oxygens (including phenoxy) is 1. The highest BCUT2D eigenvalue weighted by molar-refractivity contribution is 6.31. The Balaban J connectivity index is 2.79. The molecule has 0 aliphatic heterocycles. The van der Waals surface area contributed by atoms with Gasteiger partial charge in [0.1, 0.15) is 5.69 Å². The standard InChI is InChI=1S/C7H11ClN2O/c1-3-10-4-6(8)7(9-10)5-11-2/h4H,3,5H2,1-2H3. The molecule has 1 rings (SSSR count). The number of aromatic nitrogens is 2. The Morgan fingerprint density at radius 3 is 2.91 bits per heavy atom. The molecule has 1 aromatic heterocycles. The summed E-state index contributed by atoms with van der Waals surface area (Å²) in [6.45, 7) is 3.33. The summed E-state index contributed by atoms with van der Waals surface area (Å²) in [6, 6.07) is 0. The number of rotatable bonds is 3. The van der Waals surface area contributed by atoms with Gasteiger partial charge in [-0.2, -0.15) is 5.10 Å². The van der Waals surface area contributed by atoms with Crippen LogP contribution in [0.25, 0.3) is 0 Å². The SMILES string of the molecule is CCn1cc(Cl)c(COC)n1. The van der Waals surface area contributed by atoms with E-state index in [4.69, 9.17) is 16.3 Å². The van der Waals surface area contributed by atoms with Crippen LogP contribution in [-0.4, -0.2) is 16.9 Å². The van der Waals surface area contributed by atoms with Gasteiger partial charge in [0, 0.05) is 19.9 Å². The molecule has 1 heterocycles. The smallest absolute Gasteiger partial charge is 0.107 e. The molecule has 1 aromatic rings. The van der Waals surface area contributed by atoms with Gasteiger partial charge in [-0.15, -0.1) is 0 Å². The number of hydrogen-bond donors (Lipinski definition) is 0. The van der Waals surface area contributed by atoms with E-state index in [0.29, 0.717) is 11.6 Å². The van der Waals surface area contributed by atoms with Gasteiger partial charge < -0.3 is 4.74 Å². The van der Waals surface area contributed by atoms with Crippen LogP contribution < -0.4 is 0 Å². The molecule has 0 amide bonds. The lowest BCUT2D eigenvalue weighted by atomic mass is 10.5. The zero-order valence-electron chi connectivity index (χ0n) is 6.67. The molecule has 62 valence electrons. The molecule has 0 saturated heterocycles. The fourth-order valence-electron chi connectivity index (χ4n) is 0.834. The summed E-state index contributed by atoms with van der Waals surface area (Å²) in [7, 11) is 1.63. The van der Waals surface area contributed by atoms with Crippen molar-refractivity contribution in [2.75, 3.05) is 7.11 Å². The minimum absolute atomic E-state index is 0.478. The second kappa shape index (κ2) is 3.74. The molecule has 0 spiro atoms. The molecule has 0 aromatic carbocycles. The molecule has 0 atom stereocenters. The van der Waals surface area contributed by atoms with E-state index in [2.05, 4.69) is 5.10 Å². The third-order valence-electron chi connectivity index (χ3n) is 1.39. The van der Waals surface area contributed by atoms with E-state index >= 15 is 0 Å². The topological polar surface area (TPSA) is 27.1 Å². The van der Waals surface area contributed by atoms with Crippen molar-refractivity contribution in [1.29, 1.82) is 0 Å². The van der Waals surface area contributed by atoms with Gasteiger partial charge in [-0.3, -0.25) is 4.68 Å². The summed E-state index contributed by atoms with van der Waals surface area (Å²) in [5, 5.41) is 4.85. The lowest BCUT2D eigenvalue weighted by molar-refractivity contribution is 0.181. The van der Waals surface area contributed by atoms with Gasteiger partial charge in [0.25, 0.3) is 0 Å². The van der Waals surface area contributed by atoms with Crippen LogP contribution in [0.1, 0.15) is 12.6 Å². The number of aryl methyl sites for hydroxylation is 1. The Morgan fingerprint density at radius 2 is 2.45 bits per heavy atom. The molecule has 11 heavy (non-hydrogen) atoms. The summed E-state index contributed by atoms with van der Waals surface area (Å²) in [5.74, 6) is 0. The third kappa shape index (κ3) is 1.94. The highest BCUT2D eigenvalue weighted by Gasteiger charge is 2.04. The predicted molar refractivity (Wildman–Crippen MR) is 43.6 cm³/mol. The van der Waals surface area contributed by atoms with Gasteiger partial charge in [0.05, 0.1) is 11.6 Å². The van der Waals surface area contributed by atoms with E-state index in [9.17, 15) is 0 Å². The summed E-state index contributed by atoms with van der Waals surface area (Å²) >= 11 is 5.84. The van der Waals surface area contributed by atoms with Crippen molar-refractivity contribution < 1.29 is 4.74 Å². The van der Waals surface area contributed by atoms with E-state index < -0.39 is 0 Å². The van der Waals surface area contributed by atoms with Crippen LogP contribution >= 0.6 is 11.6 Å². The maximum absolute atomic E-state index is 5.84. The first-order valence-electron chi connectivity index (χ1n) is 3.48. The van der Waals surface area contributed by atoms with Crippen molar-refractivity contribution in [3.05, 3.63) is 16.9 Å². The van der Waals surface area contributed by atoms with Crippen molar-refractivity contribution in [3.63, 3.8) is 0 Å². The van der Waals surface area contributed by atoms with Gasteiger partial charge in [-0.1, -0.05) is 11.6 Å². The van der Waals surface area contributed by atoms with Crippen molar-refractivity contribution in [3.8, 4) is 0 Å².